The van der Waals surface area contributed by atoms with E-state index < -0.39 is 0 Å². The second-order valence-electron chi connectivity index (χ2n) is 4.68. The Morgan fingerprint density at radius 3 is 2.48 bits per heavy atom. The van der Waals surface area contributed by atoms with E-state index in [0.29, 0.717) is 33.2 Å². The van der Waals surface area contributed by atoms with Gasteiger partial charge in [0.05, 0.1) is 15.7 Å². The molecule has 21 heavy (non-hydrogen) atoms. The monoisotopic (exact) mass is 339 g/mol. The first-order valence-corrected chi connectivity index (χ1v) is 7.55. The molecule has 3 nitrogen and oxygen atoms in total. The van der Waals surface area contributed by atoms with Crippen LogP contribution in [0.2, 0.25) is 10.0 Å². The summed E-state index contributed by atoms with van der Waals surface area (Å²) < 4.78 is 0. The Morgan fingerprint density at radius 2 is 1.81 bits per heavy atom. The van der Waals surface area contributed by atoms with Crippen molar-refractivity contribution in [1.29, 1.82) is 0 Å². The smallest absolute Gasteiger partial charge is 0.172 e. The lowest BCUT2D eigenvalue weighted by Gasteiger charge is -2.12. The molecule has 0 radical (unpaired) electrons. The number of thiocarbonyl (C=S) groups is 1. The number of rotatable bonds is 3. The Kier molecular flexibility index (Phi) is 5.39. The summed E-state index contributed by atoms with van der Waals surface area (Å²) in [6, 6.07) is 9.89. The second-order valence-corrected chi connectivity index (χ2v) is 5.90. The third kappa shape index (κ3) is 4.56. The first-order chi connectivity index (χ1) is 9.95. The van der Waals surface area contributed by atoms with Crippen LogP contribution < -0.4 is 10.6 Å². The molecule has 6 heteroatoms. The van der Waals surface area contributed by atoms with Gasteiger partial charge in [-0.15, -0.1) is 0 Å². The van der Waals surface area contributed by atoms with Gasteiger partial charge < -0.3 is 10.6 Å². The van der Waals surface area contributed by atoms with Gasteiger partial charge in [-0.2, -0.15) is 0 Å². The summed E-state index contributed by atoms with van der Waals surface area (Å²) in [4.78, 5) is 4.28. The molecular formula is C15H15Cl2N3S. The van der Waals surface area contributed by atoms with Crippen molar-refractivity contribution in [3.8, 4) is 0 Å². The second kappa shape index (κ2) is 7.07. The molecule has 2 N–H and O–H groups in total. The van der Waals surface area contributed by atoms with E-state index in [1.165, 1.54) is 5.56 Å². The van der Waals surface area contributed by atoms with Crippen LogP contribution in [-0.4, -0.2) is 10.1 Å². The average Bonchev–Trinajstić information content (AvgIpc) is 2.44. The lowest BCUT2D eigenvalue weighted by molar-refractivity contribution is 0.924. The summed E-state index contributed by atoms with van der Waals surface area (Å²) in [6.07, 6.45) is 0. The number of pyridine rings is 1. The summed E-state index contributed by atoms with van der Waals surface area (Å²) in [5.41, 5.74) is 3.08. The molecule has 0 amide bonds. The molecule has 1 aromatic heterocycles. The van der Waals surface area contributed by atoms with Crippen LogP contribution >= 0.6 is 35.4 Å². The minimum absolute atomic E-state index is 0.435. The number of anilines is 1. The van der Waals surface area contributed by atoms with Crippen molar-refractivity contribution in [2.45, 2.75) is 20.4 Å². The molecule has 0 saturated heterocycles. The van der Waals surface area contributed by atoms with E-state index in [9.17, 15) is 0 Å². The Morgan fingerprint density at radius 1 is 1.14 bits per heavy atom. The van der Waals surface area contributed by atoms with Crippen molar-refractivity contribution in [1.82, 2.24) is 10.3 Å². The SMILES string of the molecule is Cc1ccc(CNC(=S)Nc2nc(C)c(Cl)cc2Cl)cc1. The maximum atomic E-state index is 6.08. The highest BCUT2D eigenvalue weighted by molar-refractivity contribution is 7.80. The lowest BCUT2D eigenvalue weighted by atomic mass is 10.1. The predicted octanol–water partition coefficient (Wildman–Crippen LogP) is 4.49. The highest BCUT2D eigenvalue weighted by atomic mass is 35.5. The highest BCUT2D eigenvalue weighted by Gasteiger charge is 2.08. The van der Waals surface area contributed by atoms with Gasteiger partial charge in [-0.05, 0) is 37.7 Å². The fourth-order valence-electron chi connectivity index (χ4n) is 1.69. The van der Waals surface area contributed by atoms with Crippen LogP contribution in [-0.2, 0) is 6.54 Å². The van der Waals surface area contributed by atoms with E-state index in [1.807, 2.05) is 6.92 Å². The number of nitrogens with one attached hydrogen (secondary N) is 2. The Labute approximate surface area is 139 Å². The molecule has 2 aromatic rings. The van der Waals surface area contributed by atoms with Crippen molar-refractivity contribution >= 4 is 46.4 Å². The van der Waals surface area contributed by atoms with Gasteiger partial charge in [0.25, 0.3) is 0 Å². The van der Waals surface area contributed by atoms with Gasteiger partial charge in [-0.3, -0.25) is 0 Å². The molecule has 0 bridgehead atoms. The maximum Gasteiger partial charge on any atom is 0.172 e. The minimum Gasteiger partial charge on any atom is -0.358 e. The van der Waals surface area contributed by atoms with Crippen molar-refractivity contribution in [3.63, 3.8) is 0 Å². The van der Waals surface area contributed by atoms with E-state index >= 15 is 0 Å². The minimum atomic E-state index is 0.435. The first-order valence-electron chi connectivity index (χ1n) is 6.39. The third-order valence-corrected chi connectivity index (χ3v) is 3.83. The Bertz CT molecular complexity index is 657. The van der Waals surface area contributed by atoms with Gasteiger partial charge >= 0.3 is 0 Å². The molecule has 0 saturated carbocycles. The quantitative estimate of drug-likeness (QED) is 0.807. The van der Waals surface area contributed by atoms with Crippen molar-refractivity contribution in [2.24, 2.45) is 0 Å². The van der Waals surface area contributed by atoms with Crippen LogP contribution in [0.25, 0.3) is 0 Å². The van der Waals surface area contributed by atoms with E-state index in [2.05, 4.69) is 46.8 Å². The molecule has 2 rings (SSSR count). The zero-order valence-electron chi connectivity index (χ0n) is 11.7. The van der Waals surface area contributed by atoms with Crippen molar-refractivity contribution in [3.05, 3.63) is 57.2 Å². The molecular weight excluding hydrogens is 325 g/mol. The van der Waals surface area contributed by atoms with Gasteiger partial charge in [0.1, 0.15) is 0 Å². The fraction of sp³-hybridized carbons (Fsp3) is 0.200. The van der Waals surface area contributed by atoms with E-state index in [1.54, 1.807) is 6.07 Å². The highest BCUT2D eigenvalue weighted by Crippen LogP contribution is 2.25. The van der Waals surface area contributed by atoms with E-state index in [-0.39, 0.29) is 0 Å². The van der Waals surface area contributed by atoms with Crippen LogP contribution in [0, 0.1) is 13.8 Å². The van der Waals surface area contributed by atoms with Gasteiger partial charge in [0, 0.05) is 6.54 Å². The number of aromatic nitrogens is 1. The molecule has 110 valence electrons. The van der Waals surface area contributed by atoms with Gasteiger partial charge in [-0.1, -0.05) is 53.0 Å². The Balaban J connectivity index is 1.96. The van der Waals surface area contributed by atoms with Crippen molar-refractivity contribution < 1.29 is 0 Å². The summed E-state index contributed by atoms with van der Waals surface area (Å²) >= 11 is 17.3. The predicted molar refractivity (Wildman–Crippen MR) is 93.2 cm³/mol. The number of hydrogen-bond acceptors (Lipinski definition) is 2. The van der Waals surface area contributed by atoms with Gasteiger partial charge in [-0.25, -0.2) is 4.98 Å². The number of hydrogen-bond donors (Lipinski definition) is 2. The number of nitrogens with zero attached hydrogens (tertiary/aromatic N) is 1. The van der Waals surface area contributed by atoms with Crippen LogP contribution in [0.4, 0.5) is 5.82 Å². The van der Waals surface area contributed by atoms with Gasteiger partial charge in [0.15, 0.2) is 10.9 Å². The summed E-state index contributed by atoms with van der Waals surface area (Å²) in [7, 11) is 0. The van der Waals surface area contributed by atoms with Crippen LogP contribution in [0.5, 0.6) is 0 Å². The summed E-state index contributed by atoms with van der Waals surface area (Å²) in [5, 5.41) is 7.53. The molecule has 0 aliphatic heterocycles. The van der Waals surface area contributed by atoms with Gasteiger partial charge in [0.2, 0.25) is 0 Å². The molecule has 0 atom stereocenters. The molecule has 0 unspecified atom stereocenters. The summed E-state index contributed by atoms with van der Waals surface area (Å²) in [6.45, 7) is 4.50. The van der Waals surface area contributed by atoms with Crippen LogP contribution in [0.1, 0.15) is 16.8 Å². The zero-order chi connectivity index (χ0) is 15.4. The number of benzene rings is 1. The molecule has 1 heterocycles. The average molecular weight is 340 g/mol. The number of aryl methyl sites for hydroxylation is 2. The van der Waals surface area contributed by atoms with Crippen LogP contribution in [0.3, 0.4) is 0 Å². The first kappa shape index (κ1) is 16.0. The molecule has 0 spiro atoms. The molecule has 0 aliphatic carbocycles. The topological polar surface area (TPSA) is 37.0 Å². The summed E-state index contributed by atoms with van der Waals surface area (Å²) in [5.74, 6) is 0.500. The molecule has 1 aromatic carbocycles. The normalized spacial score (nSPS) is 10.3. The largest absolute Gasteiger partial charge is 0.358 e. The maximum absolute atomic E-state index is 6.08. The number of halogens is 2. The van der Waals surface area contributed by atoms with E-state index in [0.717, 1.165) is 5.56 Å². The third-order valence-electron chi connectivity index (χ3n) is 2.91. The van der Waals surface area contributed by atoms with E-state index in [4.69, 9.17) is 35.4 Å². The van der Waals surface area contributed by atoms with Crippen molar-refractivity contribution in [2.75, 3.05) is 5.32 Å². The fourth-order valence-corrected chi connectivity index (χ4v) is 2.26. The standard InChI is InChI=1S/C15H15Cl2N3S/c1-9-3-5-11(6-4-9)8-18-15(21)20-14-13(17)7-12(16)10(2)19-14/h3-7H,8H2,1-2H3,(H2,18,19,20,21). The molecule has 0 fully saturated rings. The lowest BCUT2D eigenvalue weighted by Crippen LogP contribution is -2.28. The zero-order valence-corrected chi connectivity index (χ0v) is 14.0. The van der Waals surface area contributed by atoms with Crippen LogP contribution in [0.15, 0.2) is 30.3 Å². The molecule has 0 aliphatic rings. The Hall–Kier alpha value is -1.36.